The SMILES string of the molecule is CCOCCn1c(N2CCCNCC2CCC2(c3ccc(OC)cc3)CCN(C(=O)c3cc(OC)c(OC)c(OC)c3)C2)nc2ccccc21. The number of anilines is 1. The lowest BCUT2D eigenvalue weighted by molar-refractivity contribution is 0.0781. The smallest absolute Gasteiger partial charge is 0.254 e. The van der Waals surface area contributed by atoms with Crippen molar-refractivity contribution < 1.29 is 28.5 Å². The molecule has 11 nitrogen and oxygen atoms in total. The highest BCUT2D eigenvalue weighted by Crippen LogP contribution is 2.43. The molecule has 1 N–H and O–H groups in total. The quantitative estimate of drug-likeness (QED) is 0.172. The summed E-state index contributed by atoms with van der Waals surface area (Å²) in [7, 11) is 6.38. The lowest BCUT2D eigenvalue weighted by Crippen LogP contribution is -2.43. The number of methoxy groups -OCH3 is 4. The number of carbonyl (C=O) groups excluding carboxylic acids is 1. The van der Waals surface area contributed by atoms with E-state index in [1.165, 1.54) is 5.56 Å². The molecule has 2 unspecified atom stereocenters. The van der Waals surface area contributed by atoms with E-state index >= 15 is 0 Å². The van der Waals surface area contributed by atoms with Gasteiger partial charge in [-0.2, -0.15) is 0 Å². The Morgan fingerprint density at radius 1 is 0.960 bits per heavy atom. The molecular weight excluding hydrogens is 634 g/mol. The van der Waals surface area contributed by atoms with E-state index in [0.29, 0.717) is 49.1 Å². The van der Waals surface area contributed by atoms with Crippen LogP contribution in [0, 0.1) is 0 Å². The highest BCUT2D eigenvalue weighted by molar-refractivity contribution is 5.96. The van der Waals surface area contributed by atoms with Crippen molar-refractivity contribution in [1.29, 1.82) is 0 Å². The Balaban J connectivity index is 1.30. The molecule has 0 aliphatic carbocycles. The molecule has 1 amide bonds. The second-order valence-corrected chi connectivity index (χ2v) is 13.1. The summed E-state index contributed by atoms with van der Waals surface area (Å²) in [5, 5.41) is 3.71. The fourth-order valence-electron chi connectivity index (χ4n) is 7.66. The van der Waals surface area contributed by atoms with Gasteiger partial charge in [-0.1, -0.05) is 24.3 Å². The summed E-state index contributed by atoms with van der Waals surface area (Å²) < 4.78 is 30.3. The Morgan fingerprint density at radius 3 is 2.42 bits per heavy atom. The van der Waals surface area contributed by atoms with Gasteiger partial charge >= 0.3 is 0 Å². The van der Waals surface area contributed by atoms with Crippen LogP contribution in [0.3, 0.4) is 0 Å². The van der Waals surface area contributed by atoms with Crippen molar-refractivity contribution in [3.63, 3.8) is 0 Å². The number of benzene rings is 3. The first-order chi connectivity index (χ1) is 24.4. The molecule has 2 aliphatic heterocycles. The van der Waals surface area contributed by atoms with Gasteiger partial charge in [0.25, 0.3) is 5.91 Å². The molecule has 11 heteroatoms. The standard InChI is InChI=1S/C39H51N5O6/c1-6-50-23-22-44-33-11-8-7-10-32(33)41-38(44)43-20-9-19-40-26-30(43)16-17-39(29-12-14-31(46-2)15-13-29)18-21-42(27-39)37(45)28-24-34(47-3)36(49-5)35(25-28)48-4/h7-8,10-15,24-25,30,40H,6,9,16-23,26-27H2,1-5H3. The topological polar surface area (TPSA) is 99.6 Å². The van der Waals surface area contributed by atoms with Crippen LogP contribution >= 0.6 is 0 Å². The van der Waals surface area contributed by atoms with Crippen molar-refractivity contribution in [3.05, 3.63) is 71.8 Å². The zero-order valence-corrected chi connectivity index (χ0v) is 30.1. The van der Waals surface area contributed by atoms with E-state index in [-0.39, 0.29) is 17.4 Å². The van der Waals surface area contributed by atoms with E-state index in [2.05, 4.69) is 51.2 Å². The molecule has 0 saturated carbocycles. The first kappa shape index (κ1) is 35.3. The number of hydrogen-bond donors (Lipinski definition) is 1. The van der Waals surface area contributed by atoms with Crippen LogP contribution in [0.25, 0.3) is 11.0 Å². The number of fused-ring (bicyclic) bond motifs is 1. The van der Waals surface area contributed by atoms with Gasteiger partial charge in [-0.25, -0.2) is 4.98 Å². The van der Waals surface area contributed by atoms with Crippen LogP contribution in [0.15, 0.2) is 60.7 Å². The maximum Gasteiger partial charge on any atom is 0.254 e. The van der Waals surface area contributed by atoms with Crippen molar-refractivity contribution in [2.45, 2.75) is 50.6 Å². The normalized spacial score (nSPS) is 19.4. The summed E-state index contributed by atoms with van der Waals surface area (Å²) >= 11 is 0. The van der Waals surface area contributed by atoms with E-state index in [4.69, 9.17) is 28.7 Å². The number of aromatic nitrogens is 2. The highest BCUT2D eigenvalue weighted by atomic mass is 16.5. The van der Waals surface area contributed by atoms with Gasteiger partial charge in [0.15, 0.2) is 11.5 Å². The Kier molecular flexibility index (Phi) is 11.3. The molecule has 1 aromatic heterocycles. The van der Waals surface area contributed by atoms with Crippen LogP contribution in [0.4, 0.5) is 5.95 Å². The van der Waals surface area contributed by atoms with Gasteiger partial charge < -0.3 is 43.4 Å². The summed E-state index contributed by atoms with van der Waals surface area (Å²) in [5.41, 5.74) is 3.62. The minimum atomic E-state index is -0.240. The number of nitrogens with one attached hydrogen (secondary N) is 1. The number of hydrogen-bond acceptors (Lipinski definition) is 9. The second kappa shape index (κ2) is 16.0. The minimum absolute atomic E-state index is 0.0552. The maximum absolute atomic E-state index is 14.1. The summed E-state index contributed by atoms with van der Waals surface area (Å²) in [6.07, 6.45) is 3.72. The van der Waals surface area contributed by atoms with Gasteiger partial charge in [-0.05, 0) is 81.1 Å². The van der Waals surface area contributed by atoms with Gasteiger partial charge in [-0.3, -0.25) is 4.79 Å². The molecule has 2 aliphatic rings. The predicted molar refractivity (Wildman–Crippen MR) is 195 cm³/mol. The molecule has 268 valence electrons. The number of carbonyl (C=O) groups is 1. The number of likely N-dealkylation sites (tertiary alicyclic amines) is 1. The summed E-state index contributed by atoms with van der Waals surface area (Å²) in [6, 6.07) is 20.5. The van der Waals surface area contributed by atoms with Crippen molar-refractivity contribution in [1.82, 2.24) is 19.8 Å². The van der Waals surface area contributed by atoms with Gasteiger partial charge in [0.2, 0.25) is 11.7 Å². The molecule has 0 spiro atoms. The lowest BCUT2D eigenvalue weighted by Gasteiger charge is -2.36. The second-order valence-electron chi connectivity index (χ2n) is 13.1. The lowest BCUT2D eigenvalue weighted by atomic mass is 9.75. The third-order valence-corrected chi connectivity index (χ3v) is 10.3. The number of nitrogens with zero attached hydrogens (tertiary/aromatic N) is 4. The van der Waals surface area contributed by atoms with Crippen LogP contribution < -0.4 is 29.2 Å². The van der Waals surface area contributed by atoms with Gasteiger partial charge in [0.1, 0.15) is 5.75 Å². The van der Waals surface area contributed by atoms with Crippen molar-refractivity contribution >= 4 is 22.9 Å². The number of rotatable bonds is 14. The third kappa shape index (κ3) is 7.20. The van der Waals surface area contributed by atoms with E-state index in [1.54, 1.807) is 40.6 Å². The van der Waals surface area contributed by atoms with Crippen molar-refractivity contribution in [2.75, 3.05) is 79.3 Å². The summed E-state index contributed by atoms with van der Waals surface area (Å²) in [4.78, 5) is 23.8. The number of ether oxygens (including phenoxy) is 5. The molecule has 0 bridgehead atoms. The molecule has 3 aromatic carbocycles. The zero-order chi connectivity index (χ0) is 35.1. The van der Waals surface area contributed by atoms with Gasteiger partial charge in [0, 0.05) is 56.4 Å². The molecule has 6 rings (SSSR count). The molecule has 3 heterocycles. The minimum Gasteiger partial charge on any atom is -0.497 e. The van der Waals surface area contributed by atoms with Crippen molar-refractivity contribution in [2.24, 2.45) is 0 Å². The number of amides is 1. The monoisotopic (exact) mass is 685 g/mol. The average Bonchev–Trinajstić information content (AvgIpc) is 3.68. The maximum atomic E-state index is 14.1. The molecule has 2 atom stereocenters. The van der Waals surface area contributed by atoms with Crippen molar-refractivity contribution in [3.8, 4) is 23.0 Å². The fraction of sp³-hybridized carbons (Fsp3) is 0.487. The molecule has 2 saturated heterocycles. The van der Waals surface area contributed by atoms with E-state index < -0.39 is 0 Å². The molecule has 50 heavy (non-hydrogen) atoms. The van der Waals surface area contributed by atoms with Crippen LogP contribution in [-0.4, -0.2) is 101 Å². The largest absolute Gasteiger partial charge is 0.497 e. The molecule has 0 radical (unpaired) electrons. The first-order valence-electron chi connectivity index (χ1n) is 17.7. The van der Waals surface area contributed by atoms with Crippen LogP contribution in [0.2, 0.25) is 0 Å². The Hall–Kier alpha value is -4.48. The third-order valence-electron chi connectivity index (χ3n) is 10.3. The first-order valence-corrected chi connectivity index (χ1v) is 17.7. The Morgan fingerprint density at radius 2 is 1.72 bits per heavy atom. The predicted octanol–water partition coefficient (Wildman–Crippen LogP) is 5.54. The van der Waals surface area contributed by atoms with Gasteiger partial charge in [0.05, 0.1) is 46.1 Å². The highest BCUT2D eigenvalue weighted by Gasteiger charge is 2.42. The van der Waals surface area contributed by atoms with E-state index in [1.807, 2.05) is 24.0 Å². The number of imidazole rings is 1. The summed E-state index contributed by atoms with van der Waals surface area (Å²) in [6.45, 7) is 8.08. The van der Waals surface area contributed by atoms with Crippen LogP contribution in [0.1, 0.15) is 48.5 Å². The number of para-hydroxylation sites is 2. The zero-order valence-electron chi connectivity index (χ0n) is 30.1. The molecule has 4 aromatic rings. The summed E-state index contributed by atoms with van der Waals surface area (Å²) in [5.74, 6) is 3.16. The molecule has 2 fully saturated rings. The van der Waals surface area contributed by atoms with Crippen LogP contribution in [0.5, 0.6) is 23.0 Å². The van der Waals surface area contributed by atoms with Gasteiger partial charge in [-0.15, -0.1) is 0 Å². The van der Waals surface area contributed by atoms with E-state index in [9.17, 15) is 4.79 Å². The Labute approximate surface area is 295 Å². The average molecular weight is 686 g/mol. The Bertz CT molecular complexity index is 1720. The fourth-order valence-corrected chi connectivity index (χ4v) is 7.66. The molecular formula is C39H51N5O6. The van der Waals surface area contributed by atoms with Crippen LogP contribution in [-0.2, 0) is 16.7 Å². The van der Waals surface area contributed by atoms with E-state index in [0.717, 1.165) is 74.6 Å².